The minimum atomic E-state index is -1.20. The van der Waals surface area contributed by atoms with Crippen molar-refractivity contribution in [2.24, 2.45) is 0 Å². The first-order valence-electron chi connectivity index (χ1n) is 11.6. The number of benzene rings is 4. The van der Waals surface area contributed by atoms with Crippen LogP contribution in [0.2, 0.25) is 5.02 Å². The number of halogens is 1. The number of nitrogens with one attached hydrogen (secondary N) is 1. The van der Waals surface area contributed by atoms with Crippen LogP contribution >= 0.6 is 11.6 Å². The number of hydrogen-bond acceptors (Lipinski definition) is 5. The first-order valence-corrected chi connectivity index (χ1v) is 12.0. The van der Waals surface area contributed by atoms with E-state index in [0.717, 1.165) is 40.9 Å². The molecule has 0 saturated heterocycles. The summed E-state index contributed by atoms with van der Waals surface area (Å²) < 4.78 is 12.6. The van der Waals surface area contributed by atoms with Gasteiger partial charge in [-0.3, -0.25) is 0 Å². The Bertz CT molecular complexity index is 1500. The van der Waals surface area contributed by atoms with Crippen LogP contribution in [-0.4, -0.2) is 5.97 Å². The minimum absolute atomic E-state index is 0.380. The molecule has 4 aromatic carbocycles. The fourth-order valence-corrected chi connectivity index (χ4v) is 5.35. The molecule has 5 nitrogen and oxygen atoms in total. The number of ether oxygens (including phenoxy) is 2. The summed E-state index contributed by atoms with van der Waals surface area (Å²) in [5, 5.41) is 4.29. The normalized spacial score (nSPS) is 17.3. The molecule has 1 atom stereocenters. The molecule has 2 aliphatic rings. The van der Waals surface area contributed by atoms with E-state index in [1.54, 1.807) is 12.1 Å². The highest BCUT2D eigenvalue weighted by Crippen LogP contribution is 2.58. The molecule has 0 fully saturated rings. The van der Waals surface area contributed by atoms with E-state index in [1.807, 2.05) is 66.7 Å². The standard InChI is InChI=1S/C29H23ClN2O3/c1-2-6-17-15-18(30)11-13-23(17)32-24-9-5-10-26-27(24)29(22-16-19(31)12-14-25(22)34-26)21-8-4-3-7-20(21)28(33)35-29/h3-5,7-16,32H,2,6,31H2,1H3. The van der Waals surface area contributed by atoms with Gasteiger partial charge < -0.3 is 20.5 Å². The SMILES string of the molecule is CCCc1cc(Cl)ccc1Nc1cccc2c1C1(OC(=O)c3ccccc31)c1cc(N)ccc1O2. The molecule has 35 heavy (non-hydrogen) atoms. The Morgan fingerprint density at radius 2 is 1.77 bits per heavy atom. The molecule has 0 saturated carbocycles. The fourth-order valence-electron chi connectivity index (χ4n) is 5.16. The number of nitrogen functional groups attached to an aromatic ring is 1. The van der Waals surface area contributed by atoms with E-state index in [-0.39, 0.29) is 5.97 Å². The van der Waals surface area contributed by atoms with Gasteiger partial charge in [-0.1, -0.05) is 49.2 Å². The predicted octanol–water partition coefficient (Wildman–Crippen LogP) is 7.19. The topological polar surface area (TPSA) is 73.6 Å². The van der Waals surface area contributed by atoms with Crippen LogP contribution in [0.5, 0.6) is 11.5 Å². The Balaban J connectivity index is 1.62. The van der Waals surface area contributed by atoms with Crippen molar-refractivity contribution in [2.45, 2.75) is 25.4 Å². The Morgan fingerprint density at radius 1 is 0.914 bits per heavy atom. The van der Waals surface area contributed by atoms with Crippen LogP contribution in [0.25, 0.3) is 0 Å². The highest BCUT2D eigenvalue weighted by atomic mass is 35.5. The van der Waals surface area contributed by atoms with E-state index in [2.05, 4.69) is 12.2 Å². The molecule has 1 spiro atoms. The lowest BCUT2D eigenvalue weighted by Crippen LogP contribution is -2.34. The molecule has 2 aliphatic heterocycles. The van der Waals surface area contributed by atoms with Crippen molar-refractivity contribution in [3.05, 3.63) is 112 Å². The van der Waals surface area contributed by atoms with Crippen molar-refractivity contribution in [2.75, 3.05) is 11.1 Å². The first kappa shape index (κ1) is 21.6. The van der Waals surface area contributed by atoms with Crippen LogP contribution in [-0.2, 0) is 16.8 Å². The van der Waals surface area contributed by atoms with Crippen LogP contribution in [0.3, 0.4) is 0 Å². The Morgan fingerprint density at radius 3 is 2.63 bits per heavy atom. The number of carbonyl (C=O) groups excluding carboxylic acids is 1. The summed E-state index contributed by atoms with van der Waals surface area (Å²) in [5.74, 6) is 0.837. The van der Waals surface area contributed by atoms with E-state index < -0.39 is 5.60 Å². The first-order chi connectivity index (χ1) is 17.0. The maximum Gasteiger partial charge on any atom is 0.340 e. The van der Waals surface area contributed by atoms with Crippen molar-refractivity contribution in [3.8, 4) is 11.5 Å². The van der Waals surface area contributed by atoms with Crippen LogP contribution < -0.4 is 15.8 Å². The Hall–Kier alpha value is -3.96. The third-order valence-electron chi connectivity index (χ3n) is 6.61. The van der Waals surface area contributed by atoms with Gasteiger partial charge in [-0.2, -0.15) is 0 Å². The Labute approximate surface area is 208 Å². The zero-order chi connectivity index (χ0) is 24.2. The summed E-state index contributed by atoms with van der Waals surface area (Å²) in [4.78, 5) is 13.2. The monoisotopic (exact) mass is 482 g/mol. The van der Waals surface area contributed by atoms with Crippen LogP contribution in [0.4, 0.5) is 17.1 Å². The summed E-state index contributed by atoms with van der Waals surface area (Å²) >= 11 is 6.30. The van der Waals surface area contributed by atoms with Gasteiger partial charge in [-0.15, -0.1) is 0 Å². The molecular formula is C29H23ClN2O3. The number of hydrogen-bond donors (Lipinski definition) is 2. The summed E-state index contributed by atoms with van der Waals surface area (Å²) in [6.45, 7) is 2.13. The molecule has 6 rings (SSSR count). The second kappa shape index (κ2) is 8.07. The van der Waals surface area contributed by atoms with Crippen molar-refractivity contribution in [1.82, 2.24) is 0 Å². The van der Waals surface area contributed by atoms with Crippen LogP contribution in [0.1, 0.15) is 46.0 Å². The summed E-state index contributed by atoms with van der Waals surface area (Å²) in [6, 6.07) is 24.5. The van der Waals surface area contributed by atoms with Gasteiger partial charge in [0.15, 0.2) is 5.60 Å². The number of fused-ring (bicyclic) bond motifs is 6. The molecule has 0 aromatic heterocycles. The zero-order valence-corrected chi connectivity index (χ0v) is 19.9. The largest absolute Gasteiger partial charge is 0.456 e. The molecule has 1 unspecified atom stereocenters. The third kappa shape index (κ3) is 3.27. The van der Waals surface area contributed by atoms with Crippen molar-refractivity contribution >= 4 is 34.6 Å². The second-order valence-electron chi connectivity index (χ2n) is 8.83. The molecule has 4 aromatic rings. The average Bonchev–Trinajstić information content (AvgIpc) is 3.14. The number of esters is 1. The molecule has 0 aliphatic carbocycles. The molecule has 0 amide bonds. The van der Waals surface area contributed by atoms with Crippen LogP contribution in [0.15, 0.2) is 78.9 Å². The number of carbonyl (C=O) groups is 1. The van der Waals surface area contributed by atoms with E-state index >= 15 is 0 Å². The summed E-state index contributed by atoms with van der Waals surface area (Å²) in [6.07, 6.45) is 1.85. The van der Waals surface area contributed by atoms with Gasteiger partial charge in [0.1, 0.15) is 11.5 Å². The van der Waals surface area contributed by atoms with Crippen LogP contribution in [0, 0.1) is 0 Å². The molecule has 3 N–H and O–H groups in total. The number of aryl methyl sites for hydroxylation is 1. The van der Waals surface area contributed by atoms with E-state index in [4.69, 9.17) is 26.8 Å². The number of anilines is 3. The van der Waals surface area contributed by atoms with Gasteiger partial charge in [0.25, 0.3) is 0 Å². The van der Waals surface area contributed by atoms with E-state index in [9.17, 15) is 4.79 Å². The molecule has 0 bridgehead atoms. The second-order valence-corrected chi connectivity index (χ2v) is 9.27. The molecule has 0 radical (unpaired) electrons. The maximum absolute atomic E-state index is 13.2. The van der Waals surface area contributed by atoms with Gasteiger partial charge >= 0.3 is 5.97 Å². The molecule has 2 heterocycles. The minimum Gasteiger partial charge on any atom is -0.456 e. The lowest BCUT2D eigenvalue weighted by atomic mass is 9.76. The summed E-state index contributed by atoms with van der Waals surface area (Å²) in [7, 11) is 0. The summed E-state index contributed by atoms with van der Waals surface area (Å²) in [5.41, 5.74) is 11.1. The highest BCUT2D eigenvalue weighted by Gasteiger charge is 2.54. The van der Waals surface area contributed by atoms with Gasteiger partial charge in [-0.25, -0.2) is 4.79 Å². The Kier molecular flexibility index (Phi) is 4.97. The van der Waals surface area contributed by atoms with Gasteiger partial charge in [-0.05, 0) is 66.6 Å². The van der Waals surface area contributed by atoms with Gasteiger partial charge in [0.2, 0.25) is 0 Å². The van der Waals surface area contributed by atoms with E-state index in [0.29, 0.717) is 33.3 Å². The molecular weight excluding hydrogens is 460 g/mol. The van der Waals surface area contributed by atoms with E-state index in [1.165, 1.54) is 0 Å². The number of rotatable bonds is 4. The lowest BCUT2D eigenvalue weighted by molar-refractivity contribution is 0.0227. The lowest BCUT2D eigenvalue weighted by Gasteiger charge is -2.38. The smallest absolute Gasteiger partial charge is 0.340 e. The average molecular weight is 483 g/mol. The van der Waals surface area contributed by atoms with Crippen molar-refractivity contribution in [3.63, 3.8) is 0 Å². The predicted molar refractivity (Wildman–Crippen MR) is 138 cm³/mol. The number of nitrogens with two attached hydrogens (primary N) is 1. The zero-order valence-electron chi connectivity index (χ0n) is 19.1. The van der Waals surface area contributed by atoms with Gasteiger partial charge in [0, 0.05) is 27.5 Å². The fraction of sp³-hybridized carbons (Fsp3) is 0.138. The maximum atomic E-state index is 13.2. The third-order valence-corrected chi connectivity index (χ3v) is 6.84. The molecule has 6 heteroatoms. The van der Waals surface area contributed by atoms with Crippen molar-refractivity contribution < 1.29 is 14.3 Å². The van der Waals surface area contributed by atoms with Gasteiger partial charge in [0.05, 0.1) is 16.8 Å². The quantitative estimate of drug-likeness (QED) is 0.238. The molecule has 174 valence electrons. The van der Waals surface area contributed by atoms with Crippen molar-refractivity contribution in [1.29, 1.82) is 0 Å². The highest BCUT2D eigenvalue weighted by molar-refractivity contribution is 6.30.